The van der Waals surface area contributed by atoms with Crippen molar-refractivity contribution in [3.05, 3.63) is 23.0 Å². The first-order valence-corrected chi connectivity index (χ1v) is 6.81. The lowest BCUT2D eigenvalue weighted by Gasteiger charge is -2.29. The topological polar surface area (TPSA) is 40.2 Å². The minimum absolute atomic E-state index is 0.263. The maximum Gasteiger partial charge on any atom is 0.0485 e. The van der Waals surface area contributed by atoms with Crippen molar-refractivity contribution in [2.75, 3.05) is 13.2 Å². The van der Waals surface area contributed by atoms with Crippen molar-refractivity contribution in [1.82, 2.24) is 4.57 Å². The number of hydrogen-bond donors (Lipinski definition) is 1. The quantitative estimate of drug-likeness (QED) is 0.811. The van der Waals surface area contributed by atoms with Gasteiger partial charge in [0.1, 0.15) is 0 Å². The molecule has 1 aromatic heterocycles. The van der Waals surface area contributed by atoms with Crippen LogP contribution in [0.3, 0.4) is 0 Å². The fraction of sp³-hybridized carbons (Fsp3) is 0.714. The largest absolute Gasteiger partial charge is 0.381 e. The van der Waals surface area contributed by atoms with Gasteiger partial charge >= 0.3 is 0 Å². The van der Waals surface area contributed by atoms with E-state index < -0.39 is 0 Å². The van der Waals surface area contributed by atoms with Crippen molar-refractivity contribution in [2.24, 2.45) is 5.73 Å². The van der Waals surface area contributed by atoms with E-state index in [0.29, 0.717) is 6.04 Å². The summed E-state index contributed by atoms with van der Waals surface area (Å²) in [6, 6.07) is 3.21. The zero-order chi connectivity index (χ0) is 11.8. The summed E-state index contributed by atoms with van der Waals surface area (Å²) >= 11 is 0. The third-order valence-corrected chi connectivity index (χ3v) is 4.25. The summed E-state index contributed by atoms with van der Waals surface area (Å²) in [7, 11) is 0. The van der Waals surface area contributed by atoms with Gasteiger partial charge in [-0.3, -0.25) is 0 Å². The summed E-state index contributed by atoms with van der Waals surface area (Å²) in [4.78, 5) is 0. The van der Waals surface area contributed by atoms with Gasteiger partial charge in [-0.2, -0.15) is 0 Å². The smallest absolute Gasteiger partial charge is 0.0485 e. The highest BCUT2D eigenvalue weighted by atomic mass is 16.5. The minimum atomic E-state index is 0.263. The first-order valence-electron chi connectivity index (χ1n) is 6.81. The average Bonchev–Trinajstić information content (AvgIpc) is 2.68. The first-order chi connectivity index (χ1) is 8.27. The zero-order valence-electron chi connectivity index (χ0n) is 10.6. The van der Waals surface area contributed by atoms with Gasteiger partial charge in [0.05, 0.1) is 0 Å². The summed E-state index contributed by atoms with van der Waals surface area (Å²) in [5, 5.41) is 0. The maximum absolute atomic E-state index is 6.22. The molecule has 0 amide bonds. The fourth-order valence-electron chi connectivity index (χ4n) is 3.41. The molecule has 3 heteroatoms. The molecular formula is C14H22N2O. The molecule has 1 aliphatic heterocycles. The van der Waals surface area contributed by atoms with Crippen molar-refractivity contribution in [1.29, 1.82) is 0 Å². The van der Waals surface area contributed by atoms with Gasteiger partial charge in [0, 0.05) is 36.7 Å². The number of nitrogens with two attached hydrogens (primary N) is 1. The van der Waals surface area contributed by atoms with Crippen LogP contribution in [0.1, 0.15) is 54.7 Å². The highest BCUT2D eigenvalue weighted by Gasteiger charge is 2.26. The molecule has 1 saturated heterocycles. The SMILES string of the molecule is Cc1cc2c(n1C1CCOCC1)CCCC2N. The van der Waals surface area contributed by atoms with E-state index in [0.717, 1.165) is 32.5 Å². The molecule has 0 saturated carbocycles. The molecule has 17 heavy (non-hydrogen) atoms. The van der Waals surface area contributed by atoms with Gasteiger partial charge in [0.2, 0.25) is 0 Å². The average molecular weight is 234 g/mol. The normalized spacial score (nSPS) is 25.9. The summed E-state index contributed by atoms with van der Waals surface area (Å²) in [6.45, 7) is 4.03. The van der Waals surface area contributed by atoms with Crippen LogP contribution in [0.15, 0.2) is 6.07 Å². The molecule has 2 heterocycles. The Morgan fingerprint density at radius 2 is 2.06 bits per heavy atom. The number of fused-ring (bicyclic) bond motifs is 1. The standard InChI is InChI=1S/C14H22N2O/c1-10-9-12-13(15)3-2-4-14(12)16(10)11-5-7-17-8-6-11/h9,11,13H,2-8,15H2,1H3. The summed E-state index contributed by atoms with van der Waals surface area (Å²) in [6.07, 6.45) is 5.88. The molecule has 1 atom stereocenters. The molecule has 1 aliphatic carbocycles. The van der Waals surface area contributed by atoms with E-state index >= 15 is 0 Å². The molecule has 2 N–H and O–H groups in total. The van der Waals surface area contributed by atoms with Crippen LogP contribution in [0.4, 0.5) is 0 Å². The number of rotatable bonds is 1. The van der Waals surface area contributed by atoms with Gasteiger partial charge in [-0.15, -0.1) is 0 Å². The van der Waals surface area contributed by atoms with E-state index in [1.165, 1.54) is 29.8 Å². The van der Waals surface area contributed by atoms with E-state index in [9.17, 15) is 0 Å². The van der Waals surface area contributed by atoms with Crippen LogP contribution < -0.4 is 5.73 Å². The lowest BCUT2D eigenvalue weighted by Crippen LogP contribution is -2.24. The second kappa shape index (κ2) is 4.46. The highest BCUT2D eigenvalue weighted by Crippen LogP contribution is 2.35. The second-order valence-corrected chi connectivity index (χ2v) is 5.40. The van der Waals surface area contributed by atoms with E-state index in [-0.39, 0.29) is 6.04 Å². The van der Waals surface area contributed by atoms with Crippen LogP contribution >= 0.6 is 0 Å². The van der Waals surface area contributed by atoms with Crippen LogP contribution in [0.2, 0.25) is 0 Å². The molecule has 0 radical (unpaired) electrons. The van der Waals surface area contributed by atoms with Crippen molar-refractivity contribution in [2.45, 2.75) is 51.1 Å². The third-order valence-electron chi connectivity index (χ3n) is 4.25. The molecule has 1 fully saturated rings. The van der Waals surface area contributed by atoms with Crippen molar-refractivity contribution in [3.63, 3.8) is 0 Å². The van der Waals surface area contributed by atoms with E-state index in [1.807, 2.05) is 0 Å². The molecule has 3 rings (SSSR count). The maximum atomic E-state index is 6.22. The molecule has 3 nitrogen and oxygen atoms in total. The zero-order valence-corrected chi connectivity index (χ0v) is 10.6. The lowest BCUT2D eigenvalue weighted by atomic mass is 9.93. The molecule has 1 aromatic rings. The minimum Gasteiger partial charge on any atom is -0.381 e. The lowest BCUT2D eigenvalue weighted by molar-refractivity contribution is 0.0683. The molecule has 0 aromatic carbocycles. The van der Waals surface area contributed by atoms with Gasteiger partial charge < -0.3 is 15.0 Å². The van der Waals surface area contributed by atoms with E-state index in [4.69, 9.17) is 10.5 Å². The Bertz CT molecular complexity index is 405. The summed E-state index contributed by atoms with van der Waals surface area (Å²) < 4.78 is 8.02. The molecule has 0 bridgehead atoms. The third kappa shape index (κ3) is 1.91. The monoisotopic (exact) mass is 234 g/mol. The van der Waals surface area contributed by atoms with Crippen LogP contribution in [0.25, 0.3) is 0 Å². The van der Waals surface area contributed by atoms with Crippen molar-refractivity contribution >= 4 is 0 Å². The van der Waals surface area contributed by atoms with Crippen LogP contribution in [-0.2, 0) is 11.2 Å². The second-order valence-electron chi connectivity index (χ2n) is 5.40. The summed E-state index contributed by atoms with van der Waals surface area (Å²) in [5.74, 6) is 0. The first kappa shape index (κ1) is 11.3. The van der Waals surface area contributed by atoms with Crippen LogP contribution in [-0.4, -0.2) is 17.8 Å². The fourth-order valence-corrected chi connectivity index (χ4v) is 3.41. The highest BCUT2D eigenvalue weighted by molar-refractivity contribution is 5.33. The number of aryl methyl sites for hydroxylation is 1. The molecular weight excluding hydrogens is 212 g/mol. The van der Waals surface area contributed by atoms with E-state index in [1.54, 1.807) is 0 Å². The Morgan fingerprint density at radius 3 is 2.82 bits per heavy atom. The van der Waals surface area contributed by atoms with Crippen molar-refractivity contribution in [3.8, 4) is 0 Å². The number of aromatic nitrogens is 1. The molecule has 2 aliphatic rings. The van der Waals surface area contributed by atoms with E-state index in [2.05, 4.69) is 17.6 Å². The predicted molar refractivity (Wildman–Crippen MR) is 68.1 cm³/mol. The van der Waals surface area contributed by atoms with Gasteiger partial charge in [-0.1, -0.05) is 0 Å². The van der Waals surface area contributed by atoms with Gasteiger partial charge in [0.25, 0.3) is 0 Å². The van der Waals surface area contributed by atoms with Crippen LogP contribution in [0.5, 0.6) is 0 Å². The Labute approximate surface area is 103 Å². The predicted octanol–water partition coefficient (Wildman–Crippen LogP) is 2.48. The molecule has 1 unspecified atom stereocenters. The Kier molecular flexibility index (Phi) is 2.97. The Morgan fingerprint density at radius 1 is 1.29 bits per heavy atom. The van der Waals surface area contributed by atoms with Crippen molar-refractivity contribution < 1.29 is 4.74 Å². The number of hydrogen-bond acceptors (Lipinski definition) is 2. The Balaban J connectivity index is 1.98. The summed E-state index contributed by atoms with van der Waals surface area (Å²) in [5.41, 5.74) is 10.5. The van der Waals surface area contributed by atoms with Gasteiger partial charge in [0.15, 0.2) is 0 Å². The molecule has 0 spiro atoms. The number of ether oxygens (including phenoxy) is 1. The van der Waals surface area contributed by atoms with Gasteiger partial charge in [-0.25, -0.2) is 0 Å². The Hall–Kier alpha value is -0.800. The van der Waals surface area contributed by atoms with Gasteiger partial charge in [-0.05, 0) is 50.7 Å². The molecule has 94 valence electrons. The number of nitrogens with zero attached hydrogens (tertiary/aromatic N) is 1. The van der Waals surface area contributed by atoms with Crippen LogP contribution in [0, 0.1) is 6.92 Å².